The molecule has 4 heteroatoms. The summed E-state index contributed by atoms with van der Waals surface area (Å²) in [5.74, 6) is 0. The van der Waals surface area contributed by atoms with Crippen molar-refractivity contribution in [3.8, 4) is 0 Å². The van der Waals surface area contributed by atoms with Gasteiger partial charge in [-0.3, -0.25) is 4.90 Å². The maximum absolute atomic E-state index is 9.38. The van der Waals surface area contributed by atoms with Crippen molar-refractivity contribution in [3.05, 3.63) is 35.9 Å². The highest BCUT2D eigenvalue weighted by molar-refractivity contribution is 5.25. The molecule has 0 spiro atoms. The van der Waals surface area contributed by atoms with Crippen LogP contribution in [0.2, 0.25) is 0 Å². The van der Waals surface area contributed by atoms with Crippen molar-refractivity contribution in [2.24, 2.45) is 0 Å². The van der Waals surface area contributed by atoms with Crippen LogP contribution in [0.5, 0.6) is 0 Å². The van der Waals surface area contributed by atoms with Crippen LogP contribution >= 0.6 is 0 Å². The zero-order valence-electron chi connectivity index (χ0n) is 13.4. The highest BCUT2D eigenvalue weighted by Crippen LogP contribution is 2.26. The van der Waals surface area contributed by atoms with E-state index in [-0.39, 0.29) is 24.2 Å². The first kappa shape index (κ1) is 16.4. The summed E-state index contributed by atoms with van der Waals surface area (Å²) in [6, 6.07) is 10.7. The van der Waals surface area contributed by atoms with Gasteiger partial charge in [-0.05, 0) is 19.5 Å². The van der Waals surface area contributed by atoms with Crippen molar-refractivity contribution < 1.29 is 9.84 Å². The lowest BCUT2D eigenvalue weighted by Gasteiger charge is -2.41. The number of aliphatic hydroxyl groups is 1. The largest absolute Gasteiger partial charge is 0.394 e. The average molecular weight is 292 g/mol. The lowest BCUT2D eigenvalue weighted by molar-refractivity contribution is -0.0986. The Morgan fingerprint density at radius 3 is 2.67 bits per heavy atom. The van der Waals surface area contributed by atoms with Crippen LogP contribution in [0.3, 0.4) is 0 Å². The molecule has 3 atom stereocenters. The van der Waals surface area contributed by atoms with Crippen LogP contribution in [0, 0.1) is 0 Å². The van der Waals surface area contributed by atoms with Crippen molar-refractivity contribution >= 4 is 0 Å². The highest BCUT2D eigenvalue weighted by atomic mass is 16.5. The SMILES string of the molecule is CNCC(C)(CN1CC(C)OC(CO)C1)c1ccccc1. The minimum absolute atomic E-state index is 0.0487. The van der Waals surface area contributed by atoms with Gasteiger partial charge in [0.05, 0.1) is 18.8 Å². The molecule has 1 aromatic carbocycles. The van der Waals surface area contributed by atoms with Gasteiger partial charge in [0.15, 0.2) is 0 Å². The Kier molecular flexibility index (Phi) is 5.76. The summed E-state index contributed by atoms with van der Waals surface area (Å²) in [6.07, 6.45) is 0.105. The molecule has 1 aromatic rings. The molecule has 1 aliphatic heterocycles. The lowest BCUT2D eigenvalue weighted by atomic mass is 9.81. The van der Waals surface area contributed by atoms with Crippen molar-refractivity contribution in [1.29, 1.82) is 0 Å². The van der Waals surface area contributed by atoms with Gasteiger partial charge in [0.25, 0.3) is 0 Å². The Hall–Kier alpha value is -0.940. The van der Waals surface area contributed by atoms with Crippen LogP contribution in [0.1, 0.15) is 19.4 Å². The van der Waals surface area contributed by atoms with E-state index in [1.165, 1.54) is 5.56 Å². The molecule has 0 radical (unpaired) electrons. The molecule has 0 aromatic heterocycles. The number of hydrogen-bond donors (Lipinski definition) is 2. The van der Waals surface area contributed by atoms with Crippen molar-refractivity contribution in [2.75, 3.05) is 39.8 Å². The predicted octanol–water partition coefficient (Wildman–Crippen LogP) is 1.25. The summed E-state index contributed by atoms with van der Waals surface area (Å²) in [5.41, 5.74) is 1.40. The number of likely N-dealkylation sites (N-methyl/N-ethyl adjacent to an activating group) is 1. The number of hydrogen-bond acceptors (Lipinski definition) is 4. The van der Waals surface area contributed by atoms with E-state index in [1.54, 1.807) is 0 Å². The van der Waals surface area contributed by atoms with Crippen LogP contribution in [0.15, 0.2) is 30.3 Å². The first-order valence-corrected chi connectivity index (χ1v) is 7.76. The Bertz CT molecular complexity index is 426. The fraction of sp³-hybridized carbons (Fsp3) is 0.647. The van der Waals surface area contributed by atoms with Crippen molar-refractivity contribution in [3.63, 3.8) is 0 Å². The van der Waals surface area contributed by atoms with Gasteiger partial charge in [-0.2, -0.15) is 0 Å². The molecule has 1 fully saturated rings. The Balaban J connectivity index is 2.12. The second kappa shape index (κ2) is 7.36. The summed E-state index contributed by atoms with van der Waals surface area (Å²) in [5, 5.41) is 12.7. The average Bonchev–Trinajstić information content (AvgIpc) is 2.47. The second-order valence-electron chi connectivity index (χ2n) is 6.40. The predicted molar refractivity (Wildman–Crippen MR) is 85.6 cm³/mol. The first-order chi connectivity index (χ1) is 10.1. The van der Waals surface area contributed by atoms with E-state index in [0.29, 0.717) is 0 Å². The minimum atomic E-state index is -0.0663. The normalized spacial score (nSPS) is 26.5. The van der Waals surface area contributed by atoms with Gasteiger partial charge in [-0.25, -0.2) is 0 Å². The molecule has 21 heavy (non-hydrogen) atoms. The number of aliphatic hydroxyl groups excluding tert-OH is 1. The minimum Gasteiger partial charge on any atom is -0.394 e. The highest BCUT2D eigenvalue weighted by Gasteiger charge is 2.32. The van der Waals surface area contributed by atoms with Crippen LogP contribution in [-0.4, -0.2) is 62.0 Å². The molecule has 0 bridgehead atoms. The Labute approximate surface area is 128 Å². The van der Waals surface area contributed by atoms with Gasteiger partial charge in [-0.15, -0.1) is 0 Å². The summed E-state index contributed by atoms with van der Waals surface area (Å²) in [4.78, 5) is 2.42. The zero-order valence-corrected chi connectivity index (χ0v) is 13.4. The summed E-state index contributed by atoms with van der Waals surface area (Å²) in [6.45, 7) is 8.07. The molecule has 3 unspecified atom stereocenters. The first-order valence-electron chi connectivity index (χ1n) is 7.76. The van der Waals surface area contributed by atoms with E-state index in [2.05, 4.69) is 54.4 Å². The monoisotopic (exact) mass is 292 g/mol. The van der Waals surface area contributed by atoms with E-state index in [9.17, 15) is 5.11 Å². The Morgan fingerprint density at radius 2 is 2.05 bits per heavy atom. The number of benzene rings is 1. The maximum Gasteiger partial charge on any atom is 0.0936 e. The number of morpholine rings is 1. The smallest absolute Gasteiger partial charge is 0.0936 e. The van der Waals surface area contributed by atoms with Gasteiger partial charge in [-0.1, -0.05) is 37.3 Å². The summed E-state index contributed by atoms with van der Waals surface area (Å²) in [7, 11) is 2.00. The van der Waals surface area contributed by atoms with Crippen LogP contribution in [0.25, 0.3) is 0 Å². The molecule has 1 saturated heterocycles. The number of rotatable bonds is 6. The van der Waals surface area contributed by atoms with Gasteiger partial charge in [0.1, 0.15) is 0 Å². The van der Waals surface area contributed by atoms with Gasteiger partial charge < -0.3 is 15.2 Å². The zero-order chi connectivity index (χ0) is 15.3. The van der Waals surface area contributed by atoms with E-state index in [0.717, 1.165) is 26.2 Å². The van der Waals surface area contributed by atoms with Crippen LogP contribution in [-0.2, 0) is 10.2 Å². The fourth-order valence-corrected chi connectivity index (χ4v) is 3.34. The molecule has 2 rings (SSSR count). The molecule has 4 nitrogen and oxygen atoms in total. The van der Waals surface area contributed by atoms with E-state index >= 15 is 0 Å². The Morgan fingerprint density at radius 1 is 1.33 bits per heavy atom. The summed E-state index contributed by atoms with van der Waals surface area (Å²) < 4.78 is 5.74. The molecule has 1 heterocycles. The van der Waals surface area contributed by atoms with Gasteiger partial charge >= 0.3 is 0 Å². The van der Waals surface area contributed by atoms with Crippen molar-refractivity contribution in [2.45, 2.75) is 31.5 Å². The summed E-state index contributed by atoms with van der Waals surface area (Å²) >= 11 is 0. The van der Waals surface area contributed by atoms with Crippen LogP contribution in [0.4, 0.5) is 0 Å². The third-order valence-electron chi connectivity index (χ3n) is 4.22. The molecule has 2 N–H and O–H groups in total. The van der Waals surface area contributed by atoms with E-state index < -0.39 is 0 Å². The second-order valence-corrected chi connectivity index (χ2v) is 6.40. The fourth-order valence-electron chi connectivity index (χ4n) is 3.34. The van der Waals surface area contributed by atoms with Gasteiger partial charge in [0.2, 0.25) is 0 Å². The third-order valence-corrected chi connectivity index (χ3v) is 4.22. The van der Waals surface area contributed by atoms with E-state index in [4.69, 9.17) is 4.74 Å². The standard InChI is InChI=1S/C17H28N2O2/c1-14-9-19(10-16(11-20)21-14)13-17(2,12-18-3)15-7-5-4-6-8-15/h4-8,14,16,18,20H,9-13H2,1-3H3. The topological polar surface area (TPSA) is 44.7 Å². The third kappa shape index (κ3) is 4.27. The maximum atomic E-state index is 9.38. The molecule has 118 valence electrons. The molecule has 0 aliphatic carbocycles. The molecule has 0 amide bonds. The molecule has 1 aliphatic rings. The lowest BCUT2D eigenvalue weighted by Crippen LogP contribution is -2.53. The van der Waals surface area contributed by atoms with Crippen LogP contribution < -0.4 is 5.32 Å². The van der Waals surface area contributed by atoms with E-state index in [1.807, 2.05) is 7.05 Å². The number of nitrogens with zero attached hydrogens (tertiary/aromatic N) is 1. The van der Waals surface area contributed by atoms with Gasteiger partial charge in [0, 0.05) is 31.6 Å². The number of nitrogens with one attached hydrogen (secondary N) is 1. The number of ether oxygens (including phenoxy) is 1. The molecule has 0 saturated carbocycles. The van der Waals surface area contributed by atoms with Crippen molar-refractivity contribution in [1.82, 2.24) is 10.2 Å². The molecular weight excluding hydrogens is 264 g/mol. The molecular formula is C17H28N2O2. The quantitative estimate of drug-likeness (QED) is 0.828.